The molecule has 1 aliphatic carbocycles. The predicted molar refractivity (Wildman–Crippen MR) is 66.6 cm³/mol. The molecule has 1 aliphatic rings. The maximum Gasteiger partial charge on any atom is 0.136 e. The molecule has 0 N–H and O–H groups in total. The lowest BCUT2D eigenvalue weighted by Crippen LogP contribution is -2.11. The highest BCUT2D eigenvalue weighted by molar-refractivity contribution is 9.10. The molecule has 2 rings (SSSR count). The van der Waals surface area contributed by atoms with Crippen molar-refractivity contribution in [2.75, 3.05) is 6.61 Å². The molecule has 0 bridgehead atoms. The van der Waals surface area contributed by atoms with E-state index in [0.29, 0.717) is 12.4 Å². The minimum atomic E-state index is 0.238. The number of carbonyl (C=O) groups excluding carboxylic acids is 1. The van der Waals surface area contributed by atoms with Gasteiger partial charge in [-0.05, 0) is 47.3 Å². The third-order valence-electron chi connectivity index (χ3n) is 2.99. The zero-order valence-corrected chi connectivity index (χ0v) is 10.7. The third kappa shape index (κ3) is 2.85. The molecule has 1 atom stereocenters. The molecule has 1 fully saturated rings. The Labute approximate surface area is 104 Å². The van der Waals surface area contributed by atoms with Crippen LogP contribution in [0.4, 0.5) is 0 Å². The van der Waals surface area contributed by atoms with Gasteiger partial charge in [0.15, 0.2) is 0 Å². The summed E-state index contributed by atoms with van der Waals surface area (Å²) >= 11 is 3.43. The molecule has 3 heteroatoms. The monoisotopic (exact) mass is 282 g/mol. The SMILES string of the molecule is O=C1CCCC1CCOc1ccccc1Br. The van der Waals surface area contributed by atoms with Gasteiger partial charge in [0.1, 0.15) is 11.5 Å². The van der Waals surface area contributed by atoms with Gasteiger partial charge in [-0.15, -0.1) is 0 Å². The van der Waals surface area contributed by atoms with Gasteiger partial charge in [0.25, 0.3) is 0 Å². The highest BCUT2D eigenvalue weighted by Gasteiger charge is 2.23. The van der Waals surface area contributed by atoms with Gasteiger partial charge in [-0.25, -0.2) is 0 Å². The summed E-state index contributed by atoms with van der Waals surface area (Å²) in [6, 6.07) is 7.79. The molecule has 2 nitrogen and oxygen atoms in total. The molecule has 1 aromatic rings. The minimum absolute atomic E-state index is 0.238. The molecule has 0 aliphatic heterocycles. The number of halogens is 1. The molecule has 1 aromatic carbocycles. The van der Waals surface area contributed by atoms with Crippen LogP contribution in [-0.4, -0.2) is 12.4 Å². The van der Waals surface area contributed by atoms with E-state index in [0.717, 1.165) is 35.9 Å². The van der Waals surface area contributed by atoms with Gasteiger partial charge >= 0.3 is 0 Å². The quantitative estimate of drug-likeness (QED) is 0.844. The topological polar surface area (TPSA) is 26.3 Å². The summed E-state index contributed by atoms with van der Waals surface area (Å²) in [6.07, 6.45) is 3.70. The van der Waals surface area contributed by atoms with Crippen molar-refractivity contribution in [1.82, 2.24) is 0 Å². The van der Waals surface area contributed by atoms with E-state index in [4.69, 9.17) is 4.74 Å². The van der Waals surface area contributed by atoms with Crippen molar-refractivity contribution in [1.29, 1.82) is 0 Å². The Hall–Kier alpha value is -0.830. The Balaban J connectivity index is 1.80. The van der Waals surface area contributed by atoms with E-state index in [1.165, 1.54) is 0 Å². The van der Waals surface area contributed by atoms with E-state index in [1.54, 1.807) is 0 Å². The van der Waals surface area contributed by atoms with Gasteiger partial charge in [0.2, 0.25) is 0 Å². The van der Waals surface area contributed by atoms with Crippen LogP contribution in [-0.2, 0) is 4.79 Å². The zero-order valence-electron chi connectivity index (χ0n) is 9.12. The molecule has 1 unspecified atom stereocenters. The molecule has 16 heavy (non-hydrogen) atoms. The van der Waals surface area contributed by atoms with Crippen LogP contribution in [0.5, 0.6) is 5.75 Å². The van der Waals surface area contributed by atoms with Gasteiger partial charge in [-0.2, -0.15) is 0 Å². The fraction of sp³-hybridized carbons (Fsp3) is 0.462. The summed E-state index contributed by atoms with van der Waals surface area (Å²) in [4.78, 5) is 11.4. The first-order chi connectivity index (χ1) is 7.77. The van der Waals surface area contributed by atoms with Crippen LogP contribution < -0.4 is 4.74 Å². The van der Waals surface area contributed by atoms with Crippen LogP contribution in [0.2, 0.25) is 0 Å². The number of carbonyl (C=O) groups is 1. The number of ketones is 1. The Kier molecular flexibility index (Phi) is 3.99. The fourth-order valence-electron chi connectivity index (χ4n) is 2.07. The predicted octanol–water partition coefficient (Wildman–Crippen LogP) is 3.59. The molecule has 1 saturated carbocycles. The molecule has 0 amide bonds. The maximum absolute atomic E-state index is 11.4. The second kappa shape index (κ2) is 5.48. The lowest BCUT2D eigenvalue weighted by molar-refractivity contribution is -0.121. The lowest BCUT2D eigenvalue weighted by Gasteiger charge is -2.10. The third-order valence-corrected chi connectivity index (χ3v) is 3.65. The standard InChI is InChI=1S/C13H15BrO2/c14-11-5-1-2-7-13(11)16-9-8-10-4-3-6-12(10)15/h1-2,5,7,10H,3-4,6,8-9H2. The van der Waals surface area contributed by atoms with E-state index in [-0.39, 0.29) is 5.92 Å². The number of rotatable bonds is 4. The van der Waals surface area contributed by atoms with Crippen molar-refractivity contribution >= 4 is 21.7 Å². The molecule has 0 aromatic heterocycles. The Bertz CT molecular complexity index is 376. The average Bonchev–Trinajstić information content (AvgIpc) is 2.67. The van der Waals surface area contributed by atoms with Gasteiger partial charge in [0, 0.05) is 12.3 Å². The number of hydrogen-bond acceptors (Lipinski definition) is 2. The molecular weight excluding hydrogens is 268 g/mol. The first kappa shape index (κ1) is 11.6. The lowest BCUT2D eigenvalue weighted by atomic mass is 10.0. The highest BCUT2D eigenvalue weighted by Crippen LogP contribution is 2.27. The van der Waals surface area contributed by atoms with Crippen molar-refractivity contribution in [2.24, 2.45) is 5.92 Å². The Morgan fingerprint density at radius 2 is 2.19 bits per heavy atom. The van der Waals surface area contributed by atoms with Crippen molar-refractivity contribution in [3.63, 3.8) is 0 Å². The van der Waals surface area contributed by atoms with Gasteiger partial charge in [-0.1, -0.05) is 12.1 Å². The summed E-state index contributed by atoms with van der Waals surface area (Å²) in [5.41, 5.74) is 0. The zero-order chi connectivity index (χ0) is 11.4. The summed E-state index contributed by atoms with van der Waals surface area (Å²) < 4.78 is 6.61. The fourth-order valence-corrected chi connectivity index (χ4v) is 2.47. The molecule has 86 valence electrons. The first-order valence-electron chi connectivity index (χ1n) is 5.67. The van der Waals surface area contributed by atoms with Crippen molar-refractivity contribution in [2.45, 2.75) is 25.7 Å². The summed E-state index contributed by atoms with van der Waals surface area (Å²) in [5, 5.41) is 0. The second-order valence-corrected chi connectivity index (χ2v) is 4.98. The van der Waals surface area contributed by atoms with E-state index in [2.05, 4.69) is 15.9 Å². The van der Waals surface area contributed by atoms with Crippen LogP contribution in [0.25, 0.3) is 0 Å². The number of para-hydroxylation sites is 1. The number of ether oxygens (including phenoxy) is 1. The van der Waals surface area contributed by atoms with E-state index in [1.807, 2.05) is 24.3 Å². The van der Waals surface area contributed by atoms with Crippen molar-refractivity contribution < 1.29 is 9.53 Å². The maximum atomic E-state index is 11.4. The smallest absolute Gasteiger partial charge is 0.136 e. The summed E-state index contributed by atoms with van der Waals surface area (Å²) in [6.45, 7) is 0.624. The first-order valence-corrected chi connectivity index (χ1v) is 6.46. The van der Waals surface area contributed by atoms with Crippen LogP contribution in [0.3, 0.4) is 0 Å². The molecule has 0 spiro atoms. The summed E-state index contributed by atoms with van der Waals surface area (Å²) in [7, 11) is 0. The van der Waals surface area contributed by atoms with Gasteiger partial charge < -0.3 is 4.74 Å². The Morgan fingerprint density at radius 1 is 1.38 bits per heavy atom. The largest absolute Gasteiger partial charge is 0.492 e. The van der Waals surface area contributed by atoms with Crippen LogP contribution in [0, 0.1) is 5.92 Å². The normalized spacial score (nSPS) is 20.1. The molecule has 0 saturated heterocycles. The van der Waals surface area contributed by atoms with Crippen molar-refractivity contribution in [3.05, 3.63) is 28.7 Å². The number of hydrogen-bond donors (Lipinski definition) is 0. The van der Waals surface area contributed by atoms with E-state index >= 15 is 0 Å². The van der Waals surface area contributed by atoms with E-state index in [9.17, 15) is 4.79 Å². The average molecular weight is 283 g/mol. The van der Waals surface area contributed by atoms with Gasteiger partial charge in [0.05, 0.1) is 11.1 Å². The molecule has 0 heterocycles. The van der Waals surface area contributed by atoms with Crippen LogP contribution >= 0.6 is 15.9 Å². The number of benzene rings is 1. The minimum Gasteiger partial charge on any atom is -0.492 e. The molecule has 0 radical (unpaired) electrons. The van der Waals surface area contributed by atoms with Crippen LogP contribution in [0.1, 0.15) is 25.7 Å². The van der Waals surface area contributed by atoms with Crippen molar-refractivity contribution in [3.8, 4) is 5.75 Å². The number of Topliss-reactive ketones (excluding diaryl/α,β-unsaturated/α-hetero) is 1. The Morgan fingerprint density at radius 3 is 2.88 bits per heavy atom. The highest BCUT2D eigenvalue weighted by atomic mass is 79.9. The van der Waals surface area contributed by atoms with Gasteiger partial charge in [-0.3, -0.25) is 4.79 Å². The summed E-state index contributed by atoms with van der Waals surface area (Å²) in [5.74, 6) is 1.51. The van der Waals surface area contributed by atoms with E-state index < -0.39 is 0 Å². The molecular formula is C13H15BrO2. The van der Waals surface area contributed by atoms with Crippen LogP contribution in [0.15, 0.2) is 28.7 Å². The second-order valence-electron chi connectivity index (χ2n) is 4.12.